The lowest BCUT2D eigenvalue weighted by Crippen LogP contribution is -1.93. The van der Waals surface area contributed by atoms with Crippen LogP contribution in [-0.4, -0.2) is 16.3 Å². The average molecular weight is 232 g/mol. The van der Waals surface area contributed by atoms with Crippen LogP contribution >= 0.6 is 0 Å². The third kappa shape index (κ3) is 1.42. The summed E-state index contributed by atoms with van der Waals surface area (Å²) in [6, 6.07) is 12.4. The molecule has 1 aromatic heterocycles. The van der Waals surface area contributed by atoms with E-state index in [4.69, 9.17) is 5.26 Å². The fourth-order valence-electron chi connectivity index (χ4n) is 1.89. The third-order valence-corrected chi connectivity index (χ3v) is 2.72. The lowest BCUT2D eigenvalue weighted by molar-refractivity contribution is 0.563. The van der Waals surface area contributed by atoms with Gasteiger partial charge in [-0.3, -0.25) is 4.79 Å². The van der Waals surface area contributed by atoms with Gasteiger partial charge in [0.05, 0.1) is 22.2 Å². The van der Waals surface area contributed by atoms with E-state index in [0.717, 1.165) is 0 Å². The van der Waals surface area contributed by atoms with E-state index >= 15 is 0 Å². The minimum absolute atomic E-state index is 0.356. The van der Waals surface area contributed by atoms with Crippen LogP contribution in [-0.2, 0) is 4.79 Å². The van der Waals surface area contributed by atoms with Gasteiger partial charge in [-0.2, -0.15) is 5.26 Å². The molecule has 4 nitrogen and oxygen atoms in total. The molecule has 0 saturated carbocycles. The quantitative estimate of drug-likeness (QED) is 0.602. The Morgan fingerprint density at radius 2 is 1.50 bits per heavy atom. The maximum absolute atomic E-state index is 10.9. The highest BCUT2D eigenvalue weighted by atomic mass is 16.1. The molecule has 18 heavy (non-hydrogen) atoms. The van der Waals surface area contributed by atoms with Gasteiger partial charge in [0.25, 0.3) is 0 Å². The zero-order valence-electron chi connectivity index (χ0n) is 9.21. The molecule has 1 radical (unpaired) electrons. The van der Waals surface area contributed by atoms with Gasteiger partial charge in [0.15, 0.2) is 0 Å². The van der Waals surface area contributed by atoms with Crippen molar-refractivity contribution in [3.8, 4) is 6.07 Å². The van der Waals surface area contributed by atoms with Crippen LogP contribution < -0.4 is 0 Å². The third-order valence-electron chi connectivity index (χ3n) is 2.72. The topological polar surface area (TPSA) is 66.6 Å². The maximum Gasteiger partial charge on any atom is 0.235 e. The van der Waals surface area contributed by atoms with Crippen molar-refractivity contribution in [3.63, 3.8) is 0 Å². The zero-order chi connectivity index (χ0) is 12.5. The number of rotatable bonds is 1. The summed E-state index contributed by atoms with van der Waals surface area (Å²) in [5.74, 6) is 0. The number of nitrogens with zero attached hydrogens (tertiary/aromatic N) is 3. The molecule has 0 aliphatic rings. The first-order chi connectivity index (χ1) is 8.83. The fraction of sp³-hybridized carbons (Fsp3) is 0. The largest absolute Gasteiger partial charge is 0.285 e. The van der Waals surface area contributed by atoms with Crippen LogP contribution in [0.4, 0.5) is 0 Å². The van der Waals surface area contributed by atoms with Crippen LogP contribution in [0, 0.1) is 11.3 Å². The van der Waals surface area contributed by atoms with Crippen LogP contribution in [0.15, 0.2) is 36.4 Å². The predicted octanol–water partition coefficient (Wildman–Crippen LogP) is 2.11. The summed E-state index contributed by atoms with van der Waals surface area (Å²) in [5.41, 5.74) is 3.05. The Kier molecular flexibility index (Phi) is 2.24. The van der Waals surface area contributed by atoms with Crippen molar-refractivity contribution in [1.82, 2.24) is 9.97 Å². The Morgan fingerprint density at radius 1 is 0.889 bits per heavy atom. The molecule has 3 rings (SSSR count). The van der Waals surface area contributed by atoms with Crippen molar-refractivity contribution in [3.05, 3.63) is 47.5 Å². The Hall–Kier alpha value is -2.80. The Balaban J connectivity index is 2.53. The summed E-state index contributed by atoms with van der Waals surface area (Å²) in [4.78, 5) is 19.6. The van der Waals surface area contributed by atoms with Crippen molar-refractivity contribution in [2.45, 2.75) is 0 Å². The molecule has 0 atom stereocenters. The summed E-state index contributed by atoms with van der Waals surface area (Å²) in [6.45, 7) is 0. The van der Waals surface area contributed by atoms with Gasteiger partial charge in [-0.15, -0.1) is 0 Å². The van der Waals surface area contributed by atoms with Crippen LogP contribution in [0.5, 0.6) is 0 Å². The predicted molar refractivity (Wildman–Crippen MR) is 66.6 cm³/mol. The van der Waals surface area contributed by atoms with Gasteiger partial charge in [-0.1, -0.05) is 12.1 Å². The first kappa shape index (κ1) is 10.4. The maximum atomic E-state index is 10.9. The molecule has 0 aliphatic heterocycles. The van der Waals surface area contributed by atoms with E-state index in [1.165, 1.54) is 0 Å². The summed E-state index contributed by atoms with van der Waals surface area (Å²) in [5, 5.41) is 9.04. The normalized spacial score (nSPS) is 10.4. The molecular weight excluding hydrogens is 226 g/mol. The van der Waals surface area contributed by atoms with E-state index < -0.39 is 0 Å². The second-order valence-electron chi connectivity index (χ2n) is 3.78. The summed E-state index contributed by atoms with van der Waals surface area (Å²) < 4.78 is 0. The van der Waals surface area contributed by atoms with Gasteiger partial charge in [0.1, 0.15) is 17.1 Å². The highest BCUT2D eigenvalue weighted by molar-refractivity contribution is 5.98. The van der Waals surface area contributed by atoms with Crippen LogP contribution in [0.2, 0.25) is 0 Å². The van der Waals surface area contributed by atoms with Gasteiger partial charge >= 0.3 is 0 Å². The van der Waals surface area contributed by atoms with Gasteiger partial charge in [-0.25, -0.2) is 9.97 Å². The summed E-state index contributed by atoms with van der Waals surface area (Å²) >= 11 is 0. The van der Waals surface area contributed by atoms with E-state index in [-0.39, 0.29) is 0 Å². The number of aromatic nitrogens is 2. The van der Waals surface area contributed by atoms with Crippen LogP contribution in [0.3, 0.4) is 0 Å². The molecule has 0 unspecified atom stereocenters. The molecular formula is C14H6N3O. The van der Waals surface area contributed by atoms with Crippen molar-refractivity contribution >= 4 is 28.4 Å². The van der Waals surface area contributed by atoms with E-state index in [2.05, 4.69) is 16.0 Å². The highest BCUT2D eigenvalue weighted by Gasteiger charge is 2.08. The average Bonchev–Trinajstić information content (AvgIpc) is 2.43. The zero-order valence-corrected chi connectivity index (χ0v) is 9.21. The molecule has 0 fully saturated rings. The minimum Gasteiger partial charge on any atom is -0.285 e. The van der Waals surface area contributed by atoms with E-state index in [9.17, 15) is 4.79 Å². The molecule has 3 aromatic rings. The first-order valence-corrected chi connectivity index (χ1v) is 5.31. The minimum atomic E-state index is 0.356. The Labute approximate surface area is 103 Å². The van der Waals surface area contributed by atoms with E-state index in [1.807, 2.05) is 6.29 Å². The summed E-state index contributed by atoms with van der Waals surface area (Å²) in [6.07, 6.45) is 1.84. The van der Waals surface area contributed by atoms with E-state index in [0.29, 0.717) is 33.2 Å². The molecule has 0 aliphatic carbocycles. The standard InChI is InChI=1S/C14H6N3O/c15-7-9-3-1-5-11-13(9)17-14-10(8-18)4-2-6-12(14)16-11/h1-6H. The smallest absolute Gasteiger partial charge is 0.235 e. The molecule has 1 heterocycles. The first-order valence-electron chi connectivity index (χ1n) is 5.31. The highest BCUT2D eigenvalue weighted by Crippen LogP contribution is 2.20. The molecule has 0 amide bonds. The summed E-state index contributed by atoms with van der Waals surface area (Å²) in [7, 11) is 0. The number of para-hydroxylation sites is 2. The van der Waals surface area contributed by atoms with Gasteiger partial charge in [-0.05, 0) is 24.3 Å². The lowest BCUT2D eigenvalue weighted by atomic mass is 10.1. The number of fused-ring (bicyclic) bond motifs is 2. The van der Waals surface area contributed by atoms with Crippen LogP contribution in [0.25, 0.3) is 22.1 Å². The van der Waals surface area contributed by atoms with Gasteiger partial charge in [0.2, 0.25) is 6.29 Å². The number of benzene rings is 2. The molecule has 0 N–H and O–H groups in total. The Bertz CT molecular complexity index is 818. The molecule has 83 valence electrons. The second-order valence-corrected chi connectivity index (χ2v) is 3.78. The number of carbonyl (C=O) groups excluding carboxylic acids is 1. The SMILES string of the molecule is N#Cc1cccc2nc3cccc([C]=O)c3nc12. The van der Waals surface area contributed by atoms with Crippen LogP contribution in [0.1, 0.15) is 11.1 Å². The van der Waals surface area contributed by atoms with Crippen molar-refractivity contribution in [1.29, 1.82) is 5.26 Å². The number of hydrogen-bond acceptors (Lipinski definition) is 4. The van der Waals surface area contributed by atoms with E-state index in [1.54, 1.807) is 36.4 Å². The molecule has 0 saturated heterocycles. The number of nitriles is 1. The molecule has 0 spiro atoms. The molecule has 4 heteroatoms. The number of hydrogen-bond donors (Lipinski definition) is 0. The van der Waals surface area contributed by atoms with Crippen molar-refractivity contribution in [2.24, 2.45) is 0 Å². The fourth-order valence-corrected chi connectivity index (χ4v) is 1.89. The molecule has 0 bridgehead atoms. The second kappa shape index (κ2) is 3.90. The van der Waals surface area contributed by atoms with Gasteiger partial charge < -0.3 is 0 Å². The Morgan fingerprint density at radius 3 is 2.11 bits per heavy atom. The lowest BCUT2D eigenvalue weighted by Gasteiger charge is -2.03. The van der Waals surface area contributed by atoms with Crippen molar-refractivity contribution < 1.29 is 4.79 Å². The monoisotopic (exact) mass is 232 g/mol. The van der Waals surface area contributed by atoms with Crippen molar-refractivity contribution in [2.75, 3.05) is 0 Å². The molecule has 2 aromatic carbocycles. The van der Waals surface area contributed by atoms with Gasteiger partial charge in [0, 0.05) is 0 Å².